The first kappa shape index (κ1) is 17.5. The zero-order valence-electron chi connectivity index (χ0n) is 9.28. The van der Waals surface area contributed by atoms with E-state index in [0.29, 0.717) is 6.20 Å². The minimum Gasteiger partial charge on any atom is -0.272 e. The van der Waals surface area contributed by atoms with E-state index in [9.17, 15) is 48.3 Å². The van der Waals surface area contributed by atoms with Crippen molar-refractivity contribution >= 4 is 0 Å². The molecule has 0 aliphatic rings. The molecule has 0 aromatic carbocycles. The topological polar surface area (TPSA) is 17.8 Å². The van der Waals surface area contributed by atoms with Crippen molar-refractivity contribution in [2.24, 2.45) is 0 Å². The molecule has 0 radical (unpaired) electrons. The fourth-order valence-electron chi connectivity index (χ4n) is 1.15. The van der Waals surface area contributed by atoms with Crippen molar-refractivity contribution < 1.29 is 48.3 Å². The number of halogens is 11. The van der Waals surface area contributed by atoms with Crippen LogP contribution in [0.1, 0.15) is 0 Å². The van der Waals surface area contributed by atoms with Crippen LogP contribution in [0.25, 0.3) is 0 Å². The smallest absolute Gasteiger partial charge is 0.272 e. The van der Waals surface area contributed by atoms with Gasteiger partial charge in [0.1, 0.15) is 0 Å². The Balaban J connectivity index is 3.41. The van der Waals surface area contributed by atoms with Crippen molar-refractivity contribution in [2.75, 3.05) is 0 Å². The van der Waals surface area contributed by atoms with Crippen LogP contribution in [0.4, 0.5) is 48.3 Å². The van der Waals surface area contributed by atoms with E-state index in [1.807, 2.05) is 0 Å². The molecule has 1 aromatic rings. The van der Waals surface area contributed by atoms with Crippen LogP contribution in [0.5, 0.6) is 0 Å². The van der Waals surface area contributed by atoms with Gasteiger partial charge in [-0.05, 0) is 0 Å². The summed E-state index contributed by atoms with van der Waals surface area (Å²) < 4.78 is 137. The summed E-state index contributed by atoms with van der Waals surface area (Å²) in [5.41, 5.74) is 0. The first-order valence-corrected chi connectivity index (χ1v) is 4.67. The molecule has 0 unspecified atom stereocenters. The molecule has 0 N–H and O–H groups in total. The average molecular weight is 336 g/mol. The van der Waals surface area contributed by atoms with Gasteiger partial charge in [0.15, 0.2) is 0 Å². The molecule has 0 atom stereocenters. The fourth-order valence-corrected chi connectivity index (χ4v) is 1.15. The standard InChI is InChI=1S/C8H3F11N2/c9-4(10,5(11,12)7(15,16)17)6(13,14)8(18,19)21-2-1-20-3-21/h1-3H. The van der Waals surface area contributed by atoms with Gasteiger partial charge >= 0.3 is 30.0 Å². The average Bonchev–Trinajstić information content (AvgIpc) is 2.80. The quantitative estimate of drug-likeness (QED) is 0.763. The van der Waals surface area contributed by atoms with E-state index in [0.717, 1.165) is 0 Å². The number of hydrogen-bond acceptors (Lipinski definition) is 1. The van der Waals surface area contributed by atoms with Crippen molar-refractivity contribution in [3.05, 3.63) is 18.7 Å². The summed E-state index contributed by atoms with van der Waals surface area (Å²) in [4.78, 5) is 2.79. The Kier molecular flexibility index (Phi) is 3.72. The largest absolute Gasteiger partial charge is 0.460 e. The van der Waals surface area contributed by atoms with E-state index < -0.39 is 34.6 Å². The van der Waals surface area contributed by atoms with Crippen LogP contribution in [-0.4, -0.2) is 33.5 Å². The maximum absolute atomic E-state index is 13.2. The number of rotatable bonds is 4. The van der Waals surface area contributed by atoms with Gasteiger partial charge in [-0.1, -0.05) is 0 Å². The minimum atomic E-state index is -7.41. The van der Waals surface area contributed by atoms with Crippen LogP contribution < -0.4 is 0 Å². The maximum atomic E-state index is 13.2. The SMILES string of the molecule is FC(F)(F)C(F)(F)C(F)(F)C(F)(F)C(F)(F)n1ccnc1. The van der Waals surface area contributed by atoms with Gasteiger partial charge in [0, 0.05) is 12.4 Å². The lowest BCUT2D eigenvalue weighted by Crippen LogP contribution is -2.66. The zero-order valence-corrected chi connectivity index (χ0v) is 9.28. The van der Waals surface area contributed by atoms with E-state index in [1.165, 1.54) is 0 Å². The summed E-state index contributed by atoms with van der Waals surface area (Å²) in [5, 5.41) is 0. The van der Waals surface area contributed by atoms with Gasteiger partial charge < -0.3 is 0 Å². The molecule has 1 aromatic heterocycles. The Labute approximate surface area is 108 Å². The van der Waals surface area contributed by atoms with Gasteiger partial charge in [0.05, 0.1) is 6.33 Å². The van der Waals surface area contributed by atoms with Gasteiger partial charge in [-0.15, -0.1) is 0 Å². The molecular formula is C8H3F11N2. The third-order valence-electron chi connectivity index (χ3n) is 2.35. The monoisotopic (exact) mass is 336 g/mol. The molecule has 122 valence electrons. The predicted octanol–water partition coefficient (Wildman–Crippen LogP) is 3.90. The minimum absolute atomic E-state index is 0.00424. The first-order valence-electron chi connectivity index (χ1n) is 4.67. The van der Waals surface area contributed by atoms with E-state index in [1.54, 1.807) is 0 Å². The van der Waals surface area contributed by atoms with Crippen LogP contribution in [-0.2, 0) is 6.05 Å². The Morgan fingerprint density at radius 1 is 0.667 bits per heavy atom. The molecule has 1 heterocycles. The molecule has 21 heavy (non-hydrogen) atoms. The molecule has 13 heteroatoms. The number of imidazole rings is 1. The molecule has 0 saturated carbocycles. The van der Waals surface area contributed by atoms with Crippen molar-refractivity contribution in [1.29, 1.82) is 0 Å². The molecule has 1 rings (SSSR count). The van der Waals surface area contributed by atoms with E-state index in [2.05, 4.69) is 4.98 Å². The van der Waals surface area contributed by atoms with E-state index in [4.69, 9.17) is 0 Å². The molecule has 0 amide bonds. The van der Waals surface area contributed by atoms with Crippen LogP contribution in [0.2, 0.25) is 0 Å². The molecule has 0 aliphatic heterocycles. The highest BCUT2D eigenvalue weighted by molar-refractivity contribution is 5.05. The Morgan fingerprint density at radius 3 is 1.48 bits per heavy atom. The Hall–Kier alpha value is -1.56. The van der Waals surface area contributed by atoms with Gasteiger partial charge in [-0.25, -0.2) is 4.98 Å². The lowest BCUT2D eigenvalue weighted by atomic mass is 10.0. The highest BCUT2D eigenvalue weighted by Crippen LogP contribution is 2.58. The van der Waals surface area contributed by atoms with Gasteiger partial charge in [0.2, 0.25) is 0 Å². The van der Waals surface area contributed by atoms with Crippen molar-refractivity contribution in [3.8, 4) is 0 Å². The van der Waals surface area contributed by atoms with Crippen LogP contribution in [0.15, 0.2) is 18.7 Å². The maximum Gasteiger partial charge on any atom is 0.460 e. The molecule has 0 spiro atoms. The summed E-state index contributed by atoms with van der Waals surface area (Å²) in [5.74, 6) is -21.8. The fraction of sp³-hybridized carbons (Fsp3) is 0.625. The summed E-state index contributed by atoms with van der Waals surface area (Å²) in [6, 6.07) is -6.08. The summed E-state index contributed by atoms with van der Waals surface area (Å²) in [6.45, 7) is 0. The molecule has 0 aliphatic carbocycles. The summed E-state index contributed by atoms with van der Waals surface area (Å²) in [7, 11) is 0. The number of alkyl halides is 11. The van der Waals surface area contributed by atoms with Crippen molar-refractivity contribution in [3.63, 3.8) is 0 Å². The van der Waals surface area contributed by atoms with Crippen molar-refractivity contribution in [1.82, 2.24) is 9.55 Å². The number of aromatic nitrogens is 2. The molecule has 2 nitrogen and oxygen atoms in total. The van der Waals surface area contributed by atoms with E-state index in [-0.39, 0.29) is 12.5 Å². The molecule has 0 fully saturated rings. The second-order valence-corrected chi connectivity index (χ2v) is 3.73. The first-order chi connectivity index (χ1) is 9.11. The summed E-state index contributed by atoms with van der Waals surface area (Å²) in [6.07, 6.45) is -6.90. The molecule has 0 bridgehead atoms. The lowest BCUT2D eigenvalue weighted by Gasteiger charge is -2.37. The van der Waals surface area contributed by atoms with E-state index >= 15 is 0 Å². The number of hydrogen-bond donors (Lipinski definition) is 0. The highest BCUT2D eigenvalue weighted by Gasteiger charge is 2.87. The van der Waals surface area contributed by atoms with Crippen LogP contribution in [0, 0.1) is 0 Å². The zero-order chi connectivity index (χ0) is 16.9. The lowest BCUT2D eigenvalue weighted by molar-refractivity contribution is -0.434. The molecule has 0 saturated heterocycles. The third-order valence-corrected chi connectivity index (χ3v) is 2.35. The van der Waals surface area contributed by atoms with Crippen LogP contribution >= 0.6 is 0 Å². The van der Waals surface area contributed by atoms with Gasteiger partial charge in [0.25, 0.3) is 0 Å². The predicted molar refractivity (Wildman–Crippen MR) is 43.3 cm³/mol. The van der Waals surface area contributed by atoms with Gasteiger partial charge in [-0.2, -0.15) is 48.3 Å². The van der Waals surface area contributed by atoms with Gasteiger partial charge in [-0.3, -0.25) is 4.57 Å². The second-order valence-electron chi connectivity index (χ2n) is 3.73. The molecular weight excluding hydrogens is 333 g/mol. The van der Waals surface area contributed by atoms with Crippen molar-refractivity contribution in [2.45, 2.75) is 30.0 Å². The second kappa shape index (κ2) is 4.47. The Bertz CT molecular complexity index is 487. The number of nitrogens with zero attached hydrogens (tertiary/aromatic N) is 2. The third kappa shape index (κ3) is 2.21. The summed E-state index contributed by atoms with van der Waals surface area (Å²) >= 11 is 0. The van der Waals surface area contributed by atoms with Crippen LogP contribution in [0.3, 0.4) is 0 Å². The highest BCUT2D eigenvalue weighted by atomic mass is 19.4. The normalized spacial score (nSPS) is 15.4. The Morgan fingerprint density at radius 2 is 1.14 bits per heavy atom.